The van der Waals surface area contributed by atoms with Crippen LogP contribution in [0.1, 0.15) is 69.6 Å². The Balaban J connectivity index is 0.000000285. The lowest BCUT2D eigenvalue weighted by Gasteiger charge is -2.17. The maximum absolute atomic E-state index is 4.69. The zero-order chi connectivity index (χ0) is 23.6. The van der Waals surface area contributed by atoms with Crippen molar-refractivity contribution in [3.05, 3.63) is 78.0 Å². The fourth-order valence-corrected chi connectivity index (χ4v) is 3.47. The molecule has 1 saturated heterocycles. The topological polar surface area (TPSA) is 27.6 Å². The van der Waals surface area contributed by atoms with Gasteiger partial charge in [0.15, 0.2) is 0 Å². The van der Waals surface area contributed by atoms with Gasteiger partial charge in [-0.05, 0) is 82.9 Å². The second kappa shape index (κ2) is 17.2. The van der Waals surface area contributed by atoms with Gasteiger partial charge in [-0.15, -0.1) is 0 Å². The van der Waals surface area contributed by atoms with Gasteiger partial charge in [0.05, 0.1) is 5.69 Å². The van der Waals surface area contributed by atoms with Crippen LogP contribution >= 0.6 is 0 Å². The van der Waals surface area contributed by atoms with Gasteiger partial charge >= 0.3 is 0 Å². The highest BCUT2D eigenvalue weighted by Gasteiger charge is 1.99. The molecule has 3 rings (SSSR count). The van der Waals surface area contributed by atoms with Crippen molar-refractivity contribution in [3.63, 3.8) is 0 Å². The van der Waals surface area contributed by atoms with Crippen molar-refractivity contribution in [2.24, 2.45) is 4.99 Å². The van der Waals surface area contributed by atoms with Crippen LogP contribution in [-0.4, -0.2) is 36.8 Å². The summed E-state index contributed by atoms with van der Waals surface area (Å²) in [5.41, 5.74) is 5.77. The van der Waals surface area contributed by atoms with E-state index in [1.54, 1.807) is 0 Å². The van der Waals surface area contributed by atoms with Gasteiger partial charge < -0.3 is 10.2 Å². The summed E-state index contributed by atoms with van der Waals surface area (Å²) in [6.07, 6.45) is 8.57. The van der Waals surface area contributed by atoms with E-state index in [9.17, 15) is 0 Å². The second-order valence-electron chi connectivity index (χ2n) is 8.38. The average molecular weight is 436 g/mol. The number of rotatable bonds is 7. The molecular weight excluding hydrogens is 390 g/mol. The third-order valence-electron chi connectivity index (χ3n) is 5.33. The van der Waals surface area contributed by atoms with Gasteiger partial charge in [-0.25, -0.2) is 0 Å². The lowest BCUT2D eigenvalue weighted by atomic mass is 10.1. The predicted molar refractivity (Wildman–Crippen MR) is 143 cm³/mol. The van der Waals surface area contributed by atoms with Crippen LogP contribution < -0.4 is 5.32 Å². The average Bonchev–Trinajstić information content (AvgIpc) is 2.82. The van der Waals surface area contributed by atoms with E-state index in [-0.39, 0.29) is 0 Å². The summed E-state index contributed by atoms with van der Waals surface area (Å²) in [6.45, 7) is 19.1. The molecule has 1 heterocycles. The summed E-state index contributed by atoms with van der Waals surface area (Å²) in [4.78, 5) is 6.94. The monoisotopic (exact) mass is 435 g/mol. The molecule has 0 aliphatic carbocycles. The largest absolute Gasteiger partial charge is 0.378 e. The first-order valence-electron chi connectivity index (χ1n) is 12.3. The van der Waals surface area contributed by atoms with E-state index in [4.69, 9.17) is 0 Å². The van der Waals surface area contributed by atoms with Crippen molar-refractivity contribution in [1.29, 1.82) is 0 Å². The van der Waals surface area contributed by atoms with Crippen LogP contribution in [0.25, 0.3) is 0 Å². The molecule has 3 heteroatoms. The molecule has 2 aromatic rings. The minimum Gasteiger partial charge on any atom is -0.378 e. The van der Waals surface area contributed by atoms with Crippen LogP contribution in [-0.2, 0) is 0 Å². The summed E-state index contributed by atoms with van der Waals surface area (Å²) in [6, 6.07) is 16.6. The van der Waals surface area contributed by atoms with Gasteiger partial charge in [0, 0.05) is 18.8 Å². The van der Waals surface area contributed by atoms with Crippen molar-refractivity contribution >= 4 is 11.4 Å². The van der Waals surface area contributed by atoms with Gasteiger partial charge in [0.1, 0.15) is 0 Å². The van der Waals surface area contributed by atoms with E-state index in [0.29, 0.717) is 0 Å². The molecule has 0 atom stereocenters. The number of hydrogen-bond donors (Lipinski definition) is 1. The Morgan fingerprint density at radius 2 is 1.62 bits per heavy atom. The Morgan fingerprint density at radius 3 is 2.09 bits per heavy atom. The Labute approximate surface area is 197 Å². The van der Waals surface area contributed by atoms with Gasteiger partial charge in [-0.3, -0.25) is 4.99 Å². The van der Waals surface area contributed by atoms with Crippen molar-refractivity contribution in [1.82, 2.24) is 10.2 Å². The predicted octanol–water partition coefficient (Wildman–Crippen LogP) is 7.46. The lowest BCUT2D eigenvalue weighted by molar-refractivity contribution is 0.377. The third kappa shape index (κ3) is 11.9. The van der Waals surface area contributed by atoms with Crippen LogP contribution in [0.4, 0.5) is 5.69 Å². The maximum atomic E-state index is 4.69. The highest BCUT2D eigenvalue weighted by Crippen LogP contribution is 2.19. The van der Waals surface area contributed by atoms with Gasteiger partial charge in [-0.2, -0.15) is 0 Å². The molecule has 0 spiro atoms. The highest BCUT2D eigenvalue weighted by molar-refractivity contribution is 6.00. The van der Waals surface area contributed by atoms with E-state index in [2.05, 4.69) is 92.8 Å². The summed E-state index contributed by atoms with van der Waals surface area (Å²) < 4.78 is 0. The van der Waals surface area contributed by atoms with Gasteiger partial charge in [0.25, 0.3) is 0 Å². The first-order chi connectivity index (χ1) is 15.5. The summed E-state index contributed by atoms with van der Waals surface area (Å²) >= 11 is 0. The van der Waals surface area contributed by atoms with Crippen LogP contribution in [0.3, 0.4) is 0 Å². The Hall–Kier alpha value is -2.39. The molecule has 0 bridgehead atoms. The number of benzene rings is 2. The zero-order valence-electron chi connectivity index (χ0n) is 21.2. The maximum Gasteiger partial charge on any atom is 0.0662 e. The third-order valence-corrected chi connectivity index (χ3v) is 5.33. The van der Waals surface area contributed by atoms with E-state index in [1.165, 1.54) is 61.9 Å². The number of aryl methyl sites for hydroxylation is 2. The second-order valence-corrected chi connectivity index (χ2v) is 8.38. The molecule has 1 aliphatic rings. The fraction of sp³-hybridized carbons (Fsp3) is 0.483. The van der Waals surface area contributed by atoms with Gasteiger partial charge in [0.2, 0.25) is 0 Å². The number of nitrogens with zero attached hydrogens (tertiary/aromatic N) is 2. The molecular formula is C29H45N3. The fourth-order valence-electron chi connectivity index (χ4n) is 3.47. The molecule has 1 N–H and O–H groups in total. The molecule has 0 amide bonds. The molecule has 0 radical (unpaired) electrons. The van der Waals surface area contributed by atoms with E-state index < -0.39 is 0 Å². The highest BCUT2D eigenvalue weighted by atomic mass is 15.1. The number of nitrogens with one attached hydrogen (secondary N) is 1. The van der Waals surface area contributed by atoms with E-state index in [1.807, 2.05) is 18.3 Å². The minimum atomic E-state index is 1.05. The normalized spacial score (nSPS) is 13.2. The molecule has 2 aromatic carbocycles. The summed E-state index contributed by atoms with van der Waals surface area (Å²) in [5.74, 6) is 0. The lowest BCUT2D eigenvalue weighted by Crippen LogP contribution is -2.21. The van der Waals surface area contributed by atoms with Crippen LogP contribution in [0.2, 0.25) is 0 Å². The Morgan fingerprint density at radius 1 is 0.969 bits per heavy atom. The molecule has 0 saturated carbocycles. The van der Waals surface area contributed by atoms with Crippen LogP contribution in [0.15, 0.2) is 66.3 Å². The standard InChI is InChI=1S/C16H17N.C8H17N.C5H11N/c1-12-7-6-9-15(11-12)14(3)17-16-10-5-4-8-13(16)2;1-4-7-9(6-3)8-5-2;1-2-4-6-5-3-1/h4-11H,1-3H3;6H,3-5,7-8H2,1-2H3;6H,1-5H2. The molecule has 1 fully saturated rings. The number of aliphatic imine (C=N–C) groups is 1. The number of para-hydroxylation sites is 1. The van der Waals surface area contributed by atoms with Crippen LogP contribution in [0.5, 0.6) is 0 Å². The quantitative estimate of drug-likeness (QED) is 0.457. The summed E-state index contributed by atoms with van der Waals surface area (Å²) in [5, 5.41) is 3.28. The Kier molecular flexibility index (Phi) is 14.9. The van der Waals surface area contributed by atoms with Crippen molar-refractivity contribution < 1.29 is 0 Å². The minimum absolute atomic E-state index is 1.05. The Bertz CT molecular complexity index is 773. The van der Waals surface area contributed by atoms with E-state index >= 15 is 0 Å². The SMILES string of the molecule is C1CCNCC1.C=CN(CCC)CCC.CC(=Nc1ccccc1C)c1cccc(C)c1. The summed E-state index contributed by atoms with van der Waals surface area (Å²) in [7, 11) is 0. The molecule has 176 valence electrons. The van der Waals surface area contributed by atoms with E-state index in [0.717, 1.165) is 24.5 Å². The molecule has 32 heavy (non-hydrogen) atoms. The molecule has 3 nitrogen and oxygen atoms in total. The van der Waals surface area contributed by atoms with Crippen molar-refractivity contribution in [2.75, 3.05) is 26.2 Å². The smallest absolute Gasteiger partial charge is 0.0662 e. The molecule has 0 aromatic heterocycles. The number of hydrogen-bond acceptors (Lipinski definition) is 3. The molecule has 0 unspecified atom stereocenters. The van der Waals surface area contributed by atoms with Crippen LogP contribution in [0, 0.1) is 13.8 Å². The van der Waals surface area contributed by atoms with Crippen molar-refractivity contribution in [3.8, 4) is 0 Å². The van der Waals surface area contributed by atoms with Crippen molar-refractivity contribution in [2.45, 2.75) is 66.7 Å². The first-order valence-corrected chi connectivity index (χ1v) is 12.3. The first kappa shape index (κ1) is 27.6. The molecule has 1 aliphatic heterocycles. The zero-order valence-corrected chi connectivity index (χ0v) is 21.2. The number of piperidine rings is 1. The van der Waals surface area contributed by atoms with Gasteiger partial charge in [-0.1, -0.05) is 74.9 Å².